The van der Waals surface area contributed by atoms with Crippen LogP contribution in [0.1, 0.15) is 0 Å². The second-order valence-electron chi connectivity index (χ2n) is 4.66. The van der Waals surface area contributed by atoms with Crippen LogP contribution in [0.15, 0.2) is 58.2 Å². The number of primary sulfonamides is 1. The van der Waals surface area contributed by atoms with Gasteiger partial charge in [-0.2, -0.15) is 0 Å². The van der Waals surface area contributed by atoms with Crippen LogP contribution in [0.3, 0.4) is 0 Å². The zero-order valence-electron chi connectivity index (χ0n) is 11.2. The summed E-state index contributed by atoms with van der Waals surface area (Å²) in [4.78, 5) is 15.5. The Hall–Kier alpha value is -2.29. The number of H-pyrrole nitrogens is 1. The van der Waals surface area contributed by atoms with E-state index in [0.717, 1.165) is 0 Å². The third-order valence-electron chi connectivity index (χ3n) is 3.23. The van der Waals surface area contributed by atoms with E-state index in [9.17, 15) is 13.2 Å². The molecule has 1 heterocycles. The van der Waals surface area contributed by atoms with Crippen LogP contribution in [0.5, 0.6) is 0 Å². The molecule has 0 radical (unpaired) electrons. The van der Waals surface area contributed by atoms with E-state index in [4.69, 9.17) is 17.4 Å². The van der Waals surface area contributed by atoms with Crippen molar-refractivity contribution in [2.24, 2.45) is 5.14 Å². The maximum absolute atomic E-state index is 12.6. The van der Waals surface area contributed by atoms with Crippen molar-refractivity contribution in [2.75, 3.05) is 0 Å². The summed E-state index contributed by atoms with van der Waals surface area (Å²) < 4.78 is 24.1. The number of hydrogen-bond donors (Lipinski definition) is 2. The number of benzene rings is 2. The van der Waals surface area contributed by atoms with Gasteiger partial charge in [0.25, 0.3) is 5.56 Å². The van der Waals surface area contributed by atoms with Crippen LogP contribution in [0.25, 0.3) is 16.6 Å². The highest BCUT2D eigenvalue weighted by molar-refractivity contribution is 7.89. The second kappa shape index (κ2) is 5.16. The Morgan fingerprint density at radius 1 is 1.05 bits per heavy atom. The van der Waals surface area contributed by atoms with E-state index >= 15 is 0 Å². The van der Waals surface area contributed by atoms with Gasteiger partial charge in [-0.3, -0.25) is 9.36 Å². The smallest absolute Gasteiger partial charge is 0.266 e. The summed E-state index contributed by atoms with van der Waals surface area (Å²) in [7, 11) is -3.78. The van der Waals surface area contributed by atoms with E-state index in [2.05, 4.69) is 4.98 Å². The molecule has 6 nitrogen and oxygen atoms in total. The van der Waals surface area contributed by atoms with Crippen LogP contribution in [0.2, 0.25) is 0 Å². The maximum atomic E-state index is 12.6. The molecule has 0 aliphatic heterocycles. The van der Waals surface area contributed by atoms with Crippen LogP contribution in [-0.2, 0) is 10.0 Å². The Bertz CT molecular complexity index is 1080. The topological polar surface area (TPSA) is 97.9 Å². The number of nitrogens with zero attached hydrogens (tertiary/aromatic N) is 1. The number of aromatic nitrogens is 2. The van der Waals surface area contributed by atoms with Crippen molar-refractivity contribution in [3.8, 4) is 5.69 Å². The monoisotopic (exact) mass is 333 g/mol. The number of rotatable bonds is 2. The largest absolute Gasteiger partial charge is 0.331 e. The van der Waals surface area contributed by atoms with Crippen molar-refractivity contribution in [1.29, 1.82) is 0 Å². The lowest BCUT2D eigenvalue weighted by Gasteiger charge is -2.08. The average Bonchev–Trinajstić information content (AvgIpc) is 2.47. The van der Waals surface area contributed by atoms with Crippen molar-refractivity contribution in [3.05, 3.63) is 63.7 Å². The maximum Gasteiger partial charge on any atom is 0.266 e. The van der Waals surface area contributed by atoms with Crippen molar-refractivity contribution >= 4 is 33.1 Å². The number of aromatic amines is 1. The van der Waals surface area contributed by atoms with E-state index < -0.39 is 10.0 Å². The van der Waals surface area contributed by atoms with Gasteiger partial charge in [-0.05, 0) is 48.6 Å². The first kappa shape index (κ1) is 14.6. The minimum atomic E-state index is -3.78. The molecule has 22 heavy (non-hydrogen) atoms. The zero-order chi connectivity index (χ0) is 15.9. The molecule has 0 spiro atoms. The Morgan fingerprint density at radius 3 is 2.32 bits per heavy atom. The van der Waals surface area contributed by atoms with Crippen LogP contribution >= 0.6 is 12.2 Å². The zero-order valence-corrected chi connectivity index (χ0v) is 12.8. The number of nitrogens with two attached hydrogens (primary N) is 1. The molecule has 0 aliphatic rings. The van der Waals surface area contributed by atoms with Crippen molar-refractivity contribution in [1.82, 2.24) is 9.55 Å². The molecule has 0 saturated carbocycles. The molecule has 0 fully saturated rings. The lowest BCUT2D eigenvalue weighted by atomic mass is 10.2. The second-order valence-corrected chi connectivity index (χ2v) is 6.60. The molecular weight excluding hydrogens is 322 g/mol. The Labute approximate surface area is 130 Å². The van der Waals surface area contributed by atoms with Crippen molar-refractivity contribution in [2.45, 2.75) is 4.90 Å². The molecule has 0 bridgehead atoms. The van der Waals surface area contributed by atoms with Gasteiger partial charge in [-0.15, -0.1) is 0 Å². The number of hydrogen-bond acceptors (Lipinski definition) is 4. The summed E-state index contributed by atoms with van der Waals surface area (Å²) in [6.07, 6.45) is 0. The van der Waals surface area contributed by atoms with Gasteiger partial charge >= 0.3 is 0 Å². The lowest BCUT2D eigenvalue weighted by molar-refractivity contribution is 0.598. The Balaban J connectivity index is 2.27. The fraction of sp³-hybridized carbons (Fsp3) is 0. The van der Waals surface area contributed by atoms with E-state index in [1.54, 1.807) is 24.3 Å². The molecule has 2 aromatic carbocycles. The molecule has 112 valence electrons. The van der Waals surface area contributed by atoms with Crippen LogP contribution in [0.4, 0.5) is 0 Å². The van der Waals surface area contributed by atoms with Crippen LogP contribution < -0.4 is 10.7 Å². The van der Waals surface area contributed by atoms with Gasteiger partial charge in [-0.25, -0.2) is 13.6 Å². The number of sulfonamides is 1. The molecule has 0 aliphatic carbocycles. The molecule has 0 saturated heterocycles. The molecule has 0 atom stereocenters. The highest BCUT2D eigenvalue weighted by atomic mass is 32.2. The number of para-hydroxylation sites is 1. The van der Waals surface area contributed by atoms with E-state index in [0.29, 0.717) is 16.6 Å². The molecular formula is C14H11N3O3S2. The number of fused-ring (bicyclic) bond motifs is 1. The first-order chi connectivity index (χ1) is 10.4. The SMILES string of the molecule is NS(=O)(=O)c1ccc(-n2c(=S)[nH]c3ccccc3c2=O)cc1. The molecule has 3 rings (SSSR count). The predicted molar refractivity (Wildman–Crippen MR) is 86.1 cm³/mol. The fourth-order valence-electron chi connectivity index (χ4n) is 2.18. The predicted octanol–water partition coefficient (Wildman–Crippen LogP) is 1.70. The quantitative estimate of drug-likeness (QED) is 0.697. The highest BCUT2D eigenvalue weighted by Crippen LogP contribution is 2.13. The highest BCUT2D eigenvalue weighted by Gasteiger charge is 2.10. The minimum Gasteiger partial charge on any atom is -0.331 e. The normalized spacial score (nSPS) is 11.7. The molecule has 0 amide bonds. The summed E-state index contributed by atoms with van der Waals surface area (Å²) in [5.74, 6) is 0. The standard InChI is InChI=1S/C14H11N3O3S2/c15-22(19,20)10-7-5-9(6-8-10)17-13(18)11-3-1-2-4-12(11)16-14(17)21/h1-8H,(H,16,21)(H2,15,19,20). The van der Waals surface area contributed by atoms with Gasteiger partial charge in [0, 0.05) is 0 Å². The van der Waals surface area contributed by atoms with Crippen LogP contribution in [-0.4, -0.2) is 18.0 Å². The van der Waals surface area contributed by atoms with Crippen molar-refractivity contribution in [3.63, 3.8) is 0 Å². The molecule has 1 aromatic heterocycles. The van der Waals surface area contributed by atoms with Gasteiger partial charge in [0.1, 0.15) is 0 Å². The Morgan fingerprint density at radius 2 is 1.68 bits per heavy atom. The van der Waals surface area contributed by atoms with Gasteiger partial charge < -0.3 is 4.98 Å². The minimum absolute atomic E-state index is 0.0278. The van der Waals surface area contributed by atoms with E-state index in [1.165, 1.54) is 28.8 Å². The molecule has 3 N–H and O–H groups in total. The summed E-state index contributed by atoms with van der Waals surface area (Å²) in [6, 6.07) is 12.7. The fourth-order valence-corrected chi connectivity index (χ4v) is 3.00. The van der Waals surface area contributed by atoms with Gasteiger partial charge in [0.2, 0.25) is 10.0 Å². The molecule has 8 heteroatoms. The Kier molecular flexibility index (Phi) is 3.44. The third kappa shape index (κ3) is 2.47. The molecule has 3 aromatic rings. The summed E-state index contributed by atoms with van der Waals surface area (Å²) in [5.41, 5.74) is 0.835. The average molecular weight is 333 g/mol. The lowest BCUT2D eigenvalue weighted by Crippen LogP contribution is -2.20. The van der Waals surface area contributed by atoms with E-state index in [-0.39, 0.29) is 15.2 Å². The molecule has 0 unspecified atom stereocenters. The van der Waals surface area contributed by atoms with Gasteiger partial charge in [0.05, 0.1) is 21.5 Å². The first-order valence-electron chi connectivity index (χ1n) is 6.25. The summed E-state index contributed by atoms with van der Waals surface area (Å²) in [5, 5.41) is 5.55. The number of nitrogens with one attached hydrogen (secondary N) is 1. The van der Waals surface area contributed by atoms with Gasteiger partial charge in [-0.1, -0.05) is 12.1 Å². The third-order valence-corrected chi connectivity index (χ3v) is 4.44. The van der Waals surface area contributed by atoms with E-state index in [1.807, 2.05) is 0 Å². The van der Waals surface area contributed by atoms with Crippen molar-refractivity contribution < 1.29 is 8.42 Å². The first-order valence-corrected chi connectivity index (χ1v) is 8.21. The summed E-state index contributed by atoms with van der Waals surface area (Å²) in [6.45, 7) is 0. The van der Waals surface area contributed by atoms with Crippen LogP contribution in [0, 0.1) is 4.77 Å². The van der Waals surface area contributed by atoms with Gasteiger partial charge in [0.15, 0.2) is 4.77 Å². The summed E-state index contributed by atoms with van der Waals surface area (Å²) >= 11 is 5.22.